The number of nitrogens with one attached hydrogen (secondary N) is 1. The van der Waals surface area contributed by atoms with Crippen LogP contribution in [0.3, 0.4) is 0 Å². The number of nitrogens with zero attached hydrogens (tertiary/aromatic N) is 1. The molecule has 14 nitrogen and oxygen atoms in total. The highest BCUT2D eigenvalue weighted by atomic mass is 31.3. The summed E-state index contributed by atoms with van der Waals surface area (Å²) in [5.74, 6) is -0.537. The summed E-state index contributed by atoms with van der Waals surface area (Å²) >= 11 is 0. The van der Waals surface area contributed by atoms with Crippen molar-refractivity contribution in [3.8, 4) is 0 Å². The molecule has 1 aliphatic rings. The van der Waals surface area contributed by atoms with Crippen molar-refractivity contribution in [2.24, 2.45) is 0 Å². The van der Waals surface area contributed by atoms with E-state index in [0.717, 1.165) is 31.4 Å². The Morgan fingerprint density at radius 2 is 1.89 bits per heavy atom. The van der Waals surface area contributed by atoms with Gasteiger partial charge < -0.3 is 25.2 Å². The molecule has 4 N–H and O–H groups in total. The number of hydrogen-bond acceptors (Lipinski definition) is 11. The van der Waals surface area contributed by atoms with Gasteiger partial charge in [-0.25, -0.2) is 9.13 Å². The third kappa shape index (κ3) is 6.71. The van der Waals surface area contributed by atoms with Gasteiger partial charge in [-0.2, -0.15) is 4.31 Å². The molecule has 0 aromatic heterocycles. The van der Waals surface area contributed by atoms with Gasteiger partial charge in [0.15, 0.2) is 6.23 Å². The van der Waals surface area contributed by atoms with E-state index in [9.17, 15) is 33.8 Å². The summed E-state index contributed by atoms with van der Waals surface area (Å²) in [5, 5.41) is 22.4. The van der Waals surface area contributed by atoms with Crippen LogP contribution in [0.15, 0.2) is 12.3 Å². The summed E-state index contributed by atoms with van der Waals surface area (Å²) in [5.41, 5.74) is 0. The molecule has 6 atom stereocenters. The van der Waals surface area contributed by atoms with Crippen LogP contribution >= 0.6 is 15.6 Å². The van der Waals surface area contributed by atoms with E-state index in [0.29, 0.717) is 0 Å². The van der Waals surface area contributed by atoms with E-state index >= 15 is 0 Å². The Bertz CT molecular complexity index is 673. The zero-order chi connectivity index (χ0) is 21.5. The molecule has 0 aromatic carbocycles. The molecular weight excluding hydrogens is 426 g/mol. The minimum absolute atomic E-state index is 0.243. The second kappa shape index (κ2) is 10.6. The fourth-order valence-corrected chi connectivity index (χ4v) is 4.13. The molecule has 1 rings (SSSR count). The van der Waals surface area contributed by atoms with Crippen molar-refractivity contribution in [3.63, 3.8) is 0 Å². The molecule has 1 aliphatic heterocycles. The number of hydrogen-bond donors (Lipinski definition) is 4. The lowest BCUT2D eigenvalue weighted by molar-refractivity contribution is -0.132. The van der Waals surface area contributed by atoms with E-state index in [1.807, 2.05) is 0 Å². The molecule has 6 unspecified atom stereocenters. The second-order valence-electron chi connectivity index (χ2n) is 5.19. The summed E-state index contributed by atoms with van der Waals surface area (Å²) in [4.78, 5) is 32.4. The van der Waals surface area contributed by atoms with Gasteiger partial charge in [0.1, 0.15) is 18.3 Å². The third-order valence-electron chi connectivity index (χ3n) is 3.45. The fourth-order valence-electron chi connectivity index (χ4n) is 1.96. The lowest BCUT2D eigenvalue weighted by atomic mass is 10.1. The van der Waals surface area contributed by atoms with Gasteiger partial charge in [-0.15, -0.1) is 0 Å². The van der Waals surface area contributed by atoms with Crippen molar-refractivity contribution in [3.05, 3.63) is 12.3 Å². The number of phosphoric acid groups is 2. The van der Waals surface area contributed by atoms with E-state index in [1.54, 1.807) is 0 Å². The maximum atomic E-state index is 12.2. The molecule has 162 valence electrons. The van der Waals surface area contributed by atoms with Crippen LogP contribution in [0, 0.1) is 0 Å². The summed E-state index contributed by atoms with van der Waals surface area (Å²) in [6, 6.07) is 0. The van der Waals surface area contributed by atoms with Crippen molar-refractivity contribution in [2.75, 3.05) is 27.9 Å². The van der Waals surface area contributed by atoms with Crippen molar-refractivity contribution < 1.29 is 56.4 Å². The standard InChI is InChI=1S/C12H22N2O12P2/c1-13-9(16)4-5-14(7-15)12-11(18)10(17)8(25-12)6-24-28(21,23-3)26-27(19,20)22-2/h4-5,7-8,10-12,17-18H,6H2,1-3H3,(H,13,16)(H,19,20)/b5-4-. The summed E-state index contributed by atoms with van der Waals surface area (Å²) in [6.07, 6.45) is -3.70. The van der Waals surface area contributed by atoms with Gasteiger partial charge in [0.2, 0.25) is 12.3 Å². The van der Waals surface area contributed by atoms with E-state index in [1.165, 1.54) is 7.05 Å². The number of aliphatic hydroxyl groups is 2. The van der Waals surface area contributed by atoms with Crippen molar-refractivity contribution in [1.82, 2.24) is 10.2 Å². The first-order chi connectivity index (χ1) is 13.0. The highest BCUT2D eigenvalue weighted by Gasteiger charge is 2.47. The van der Waals surface area contributed by atoms with E-state index in [4.69, 9.17) is 9.26 Å². The Balaban J connectivity index is 2.82. The molecular formula is C12H22N2O12P2. The van der Waals surface area contributed by atoms with E-state index in [-0.39, 0.29) is 6.41 Å². The molecule has 0 aliphatic carbocycles. The number of likely N-dealkylation sites (N-methyl/N-ethyl adjacent to an activating group) is 1. The lowest BCUT2D eigenvalue weighted by Crippen LogP contribution is -2.41. The predicted octanol–water partition coefficient (Wildman–Crippen LogP) is -1.31. The second-order valence-corrected chi connectivity index (χ2v) is 8.66. The molecule has 1 heterocycles. The van der Waals surface area contributed by atoms with Crippen LogP contribution < -0.4 is 5.32 Å². The minimum Gasteiger partial charge on any atom is -0.387 e. The van der Waals surface area contributed by atoms with Crippen LogP contribution in [0.1, 0.15) is 0 Å². The van der Waals surface area contributed by atoms with Crippen molar-refractivity contribution in [1.29, 1.82) is 0 Å². The molecule has 0 saturated carbocycles. The molecule has 16 heteroatoms. The van der Waals surface area contributed by atoms with Crippen LogP contribution in [-0.2, 0) is 41.3 Å². The molecule has 2 amide bonds. The van der Waals surface area contributed by atoms with Crippen LogP contribution in [0.2, 0.25) is 0 Å². The number of aliphatic hydroxyl groups excluding tert-OH is 2. The number of amides is 2. The average molecular weight is 448 g/mol. The smallest absolute Gasteiger partial charge is 0.387 e. The Labute approximate surface area is 160 Å². The minimum atomic E-state index is -4.72. The monoisotopic (exact) mass is 448 g/mol. The molecule has 28 heavy (non-hydrogen) atoms. The molecule has 1 fully saturated rings. The Hall–Kier alpha value is -1.18. The number of ether oxygens (including phenoxy) is 1. The van der Waals surface area contributed by atoms with Gasteiger partial charge in [0.05, 0.1) is 6.61 Å². The Morgan fingerprint density at radius 1 is 1.25 bits per heavy atom. The van der Waals surface area contributed by atoms with E-state index < -0.39 is 52.7 Å². The molecule has 1 saturated heterocycles. The molecule has 0 aromatic rings. The third-order valence-corrected chi connectivity index (χ3v) is 6.45. The first kappa shape index (κ1) is 24.9. The Kier molecular flexibility index (Phi) is 9.37. The molecule has 0 spiro atoms. The number of rotatable bonds is 11. The predicted molar refractivity (Wildman–Crippen MR) is 90.3 cm³/mol. The van der Waals surface area contributed by atoms with Crippen LogP contribution in [-0.4, -0.2) is 84.7 Å². The first-order valence-electron chi connectivity index (χ1n) is 7.57. The van der Waals surface area contributed by atoms with Gasteiger partial charge in [-0.05, 0) is 0 Å². The normalized spacial score (nSPS) is 29.2. The summed E-state index contributed by atoms with van der Waals surface area (Å²) in [6.45, 7) is -0.713. The maximum absolute atomic E-state index is 12.2. The average Bonchev–Trinajstić information content (AvgIpc) is 2.95. The van der Waals surface area contributed by atoms with Crippen LogP contribution in [0.25, 0.3) is 0 Å². The zero-order valence-electron chi connectivity index (χ0n) is 15.1. The van der Waals surface area contributed by atoms with E-state index in [2.05, 4.69) is 18.7 Å². The van der Waals surface area contributed by atoms with Gasteiger partial charge in [-0.3, -0.25) is 28.1 Å². The van der Waals surface area contributed by atoms with Gasteiger partial charge in [-0.1, -0.05) is 0 Å². The van der Waals surface area contributed by atoms with Crippen molar-refractivity contribution in [2.45, 2.75) is 24.5 Å². The van der Waals surface area contributed by atoms with Crippen LogP contribution in [0.4, 0.5) is 0 Å². The summed E-state index contributed by atoms with van der Waals surface area (Å²) < 4.78 is 46.5. The fraction of sp³-hybridized carbons (Fsp3) is 0.667. The molecule has 0 bridgehead atoms. The lowest BCUT2D eigenvalue weighted by Gasteiger charge is -2.23. The number of carbonyl (C=O) groups excluding carboxylic acids is 2. The number of carbonyl (C=O) groups is 2. The van der Waals surface area contributed by atoms with Gasteiger partial charge in [0, 0.05) is 33.5 Å². The van der Waals surface area contributed by atoms with Crippen molar-refractivity contribution >= 4 is 28.0 Å². The SMILES string of the molecule is CNC(=O)/C=C\N(C=O)C1OC(COP(=O)(OC)OP(=O)(O)OC)C(O)C1O. The first-order valence-corrected chi connectivity index (χ1v) is 10.5. The summed E-state index contributed by atoms with van der Waals surface area (Å²) in [7, 11) is -6.24. The number of phosphoric ester groups is 2. The van der Waals surface area contributed by atoms with Gasteiger partial charge in [0.25, 0.3) is 0 Å². The zero-order valence-corrected chi connectivity index (χ0v) is 16.9. The van der Waals surface area contributed by atoms with Gasteiger partial charge >= 0.3 is 15.6 Å². The largest absolute Gasteiger partial charge is 0.483 e. The highest BCUT2D eigenvalue weighted by molar-refractivity contribution is 7.61. The maximum Gasteiger partial charge on any atom is 0.483 e. The van der Waals surface area contributed by atoms with Crippen LogP contribution in [0.5, 0.6) is 0 Å². The quantitative estimate of drug-likeness (QED) is 0.166. The Morgan fingerprint density at radius 3 is 2.39 bits per heavy atom. The molecule has 0 radical (unpaired) electrons. The topological polar surface area (TPSA) is 190 Å². The highest BCUT2D eigenvalue weighted by Crippen LogP contribution is 2.62.